The third-order valence-corrected chi connectivity index (χ3v) is 6.46. The average Bonchev–Trinajstić information content (AvgIpc) is 3.31. The average molecular weight is 545 g/mol. The van der Waals surface area contributed by atoms with E-state index in [-0.39, 0.29) is 15.9 Å². The van der Waals surface area contributed by atoms with Gasteiger partial charge in [0.05, 0.1) is 9.46 Å². The van der Waals surface area contributed by atoms with Crippen LogP contribution in [0.2, 0.25) is 0 Å². The largest absolute Gasteiger partial charge is 0.355 e. The number of H-pyrrole nitrogens is 1. The Morgan fingerprint density at radius 3 is 2.00 bits per heavy atom. The second-order valence-corrected chi connectivity index (χ2v) is 9.38. The van der Waals surface area contributed by atoms with Crippen molar-refractivity contribution in [3.05, 3.63) is 75.6 Å². The van der Waals surface area contributed by atoms with Gasteiger partial charge in [-0.2, -0.15) is 0 Å². The molecule has 4 rings (SSSR count). The maximum Gasteiger partial charge on any atom is 0.251 e. The molecule has 1 aliphatic rings. The van der Waals surface area contributed by atoms with Gasteiger partial charge in [0.25, 0.3) is 11.8 Å². The SMILES string of the molecule is CNC(=O)c1ccc2c(c1)CCc1cc(C(=O)NC)ccc1C2(C[C@H](N)I)c1nnn[nH]1. The number of nitrogens with one attached hydrogen (secondary N) is 3. The number of nitrogens with zero attached hydrogens (tertiary/aromatic N) is 3. The Labute approximate surface area is 199 Å². The molecule has 0 bridgehead atoms. The number of rotatable bonds is 5. The summed E-state index contributed by atoms with van der Waals surface area (Å²) in [5, 5.41) is 20.4. The minimum Gasteiger partial charge on any atom is -0.355 e. The quantitative estimate of drug-likeness (QED) is 0.218. The molecule has 5 N–H and O–H groups in total. The summed E-state index contributed by atoms with van der Waals surface area (Å²) in [5.74, 6) is 0.289. The predicted octanol–water partition coefficient (Wildman–Crippen LogP) is 1.46. The molecule has 1 aromatic heterocycles. The second kappa shape index (κ2) is 8.94. The first-order valence-corrected chi connectivity index (χ1v) is 11.5. The van der Waals surface area contributed by atoms with Crippen LogP contribution in [0.25, 0.3) is 0 Å². The van der Waals surface area contributed by atoms with Crippen LogP contribution < -0.4 is 16.4 Å². The molecular formula is C22H24IN7O2. The number of tetrazole rings is 1. The smallest absolute Gasteiger partial charge is 0.251 e. The van der Waals surface area contributed by atoms with Gasteiger partial charge in [-0.15, -0.1) is 5.10 Å². The molecule has 0 aliphatic heterocycles. The molecular weight excluding hydrogens is 521 g/mol. The molecule has 0 spiro atoms. The number of carbonyl (C=O) groups is 2. The highest BCUT2D eigenvalue weighted by atomic mass is 127. The topological polar surface area (TPSA) is 139 Å². The van der Waals surface area contributed by atoms with Gasteiger partial charge in [0.15, 0.2) is 5.82 Å². The van der Waals surface area contributed by atoms with E-state index in [1.165, 1.54) is 0 Å². The lowest BCUT2D eigenvalue weighted by Crippen LogP contribution is -2.37. The van der Waals surface area contributed by atoms with Crippen LogP contribution in [-0.4, -0.2) is 50.6 Å². The van der Waals surface area contributed by atoms with Gasteiger partial charge in [-0.05, 0) is 76.2 Å². The fourth-order valence-electron chi connectivity index (χ4n) is 4.62. The third kappa shape index (κ3) is 3.77. The molecule has 0 unspecified atom stereocenters. The zero-order valence-corrected chi connectivity index (χ0v) is 19.9. The van der Waals surface area contributed by atoms with Gasteiger partial charge in [-0.25, -0.2) is 5.10 Å². The van der Waals surface area contributed by atoms with E-state index in [9.17, 15) is 9.59 Å². The van der Waals surface area contributed by atoms with Crippen LogP contribution in [0.4, 0.5) is 0 Å². The molecule has 0 saturated carbocycles. The second-order valence-electron chi connectivity index (χ2n) is 7.78. The van der Waals surface area contributed by atoms with Gasteiger partial charge >= 0.3 is 0 Å². The van der Waals surface area contributed by atoms with Crippen molar-refractivity contribution in [2.24, 2.45) is 5.73 Å². The van der Waals surface area contributed by atoms with Crippen LogP contribution in [0.5, 0.6) is 0 Å². The van der Waals surface area contributed by atoms with Crippen molar-refractivity contribution >= 4 is 34.4 Å². The Balaban J connectivity index is 2.02. The number of carbonyl (C=O) groups excluding carboxylic acids is 2. The molecule has 0 radical (unpaired) electrons. The van der Waals surface area contributed by atoms with Gasteiger partial charge in [0.2, 0.25) is 0 Å². The summed E-state index contributed by atoms with van der Waals surface area (Å²) in [6, 6.07) is 11.4. The lowest BCUT2D eigenvalue weighted by atomic mass is 9.69. The molecule has 3 aromatic rings. The lowest BCUT2D eigenvalue weighted by Gasteiger charge is -2.35. The normalized spacial score (nSPS) is 15.1. The number of hydrogen-bond donors (Lipinski definition) is 4. The van der Waals surface area contributed by atoms with E-state index in [0.717, 1.165) is 22.3 Å². The monoisotopic (exact) mass is 545 g/mol. The number of halogens is 1. The first-order chi connectivity index (χ1) is 15.4. The molecule has 1 aliphatic carbocycles. The Bertz CT molecular complexity index is 1090. The highest BCUT2D eigenvalue weighted by Crippen LogP contribution is 2.47. The summed E-state index contributed by atoms with van der Waals surface area (Å²) in [6.45, 7) is 0. The molecule has 10 heteroatoms. The van der Waals surface area contributed by atoms with E-state index in [1.807, 2.05) is 36.4 Å². The van der Waals surface area contributed by atoms with Crippen LogP contribution in [-0.2, 0) is 18.3 Å². The number of aromatic amines is 1. The third-order valence-electron chi connectivity index (χ3n) is 6.02. The number of amides is 2. The fraction of sp³-hybridized carbons (Fsp3) is 0.318. The van der Waals surface area contributed by atoms with E-state index in [4.69, 9.17) is 5.73 Å². The summed E-state index contributed by atoms with van der Waals surface area (Å²) >= 11 is 2.20. The number of aromatic nitrogens is 4. The van der Waals surface area contributed by atoms with Gasteiger partial charge < -0.3 is 16.4 Å². The first-order valence-electron chi connectivity index (χ1n) is 10.3. The lowest BCUT2D eigenvalue weighted by molar-refractivity contribution is 0.0955. The standard InChI is InChI=1S/C22H24IN7O2/c1-25-19(31)14-5-7-16-12(9-14)3-4-13-10-15(20(32)26-2)6-8-17(13)22(16,11-18(23)24)21-27-29-30-28-21/h5-10,18H,3-4,11,24H2,1-2H3,(H,25,31)(H,26,32)(H,27,28,29,30)/t18-/m0/s1. The highest BCUT2D eigenvalue weighted by Gasteiger charge is 2.45. The van der Waals surface area contributed by atoms with Crippen molar-refractivity contribution < 1.29 is 9.59 Å². The molecule has 9 nitrogen and oxygen atoms in total. The Morgan fingerprint density at radius 2 is 1.59 bits per heavy atom. The van der Waals surface area contributed by atoms with Crippen molar-refractivity contribution in [2.45, 2.75) is 28.7 Å². The summed E-state index contributed by atoms with van der Waals surface area (Å²) in [5.41, 5.74) is 10.8. The number of alkyl halides is 1. The minimum atomic E-state index is -0.756. The summed E-state index contributed by atoms with van der Waals surface area (Å²) in [7, 11) is 3.23. The van der Waals surface area contributed by atoms with Crippen LogP contribution in [0.1, 0.15) is 55.2 Å². The minimum absolute atomic E-state index is 0.144. The molecule has 2 aromatic carbocycles. The predicted molar refractivity (Wildman–Crippen MR) is 128 cm³/mol. The molecule has 166 valence electrons. The number of nitrogens with two attached hydrogens (primary N) is 1. The highest BCUT2D eigenvalue weighted by molar-refractivity contribution is 14.1. The number of aryl methyl sites for hydroxylation is 2. The van der Waals surface area contributed by atoms with Crippen LogP contribution >= 0.6 is 22.6 Å². The molecule has 2 amide bonds. The van der Waals surface area contributed by atoms with Gasteiger partial charge in [0.1, 0.15) is 0 Å². The molecule has 1 heterocycles. The zero-order valence-electron chi connectivity index (χ0n) is 17.8. The summed E-state index contributed by atoms with van der Waals surface area (Å²) < 4.78 is -0.200. The van der Waals surface area contributed by atoms with E-state index in [2.05, 4.69) is 53.8 Å². The summed E-state index contributed by atoms with van der Waals surface area (Å²) in [4.78, 5) is 24.6. The number of benzene rings is 2. The Kier molecular flexibility index (Phi) is 6.24. The molecule has 0 fully saturated rings. The van der Waals surface area contributed by atoms with Crippen molar-refractivity contribution in [3.8, 4) is 0 Å². The fourth-order valence-corrected chi connectivity index (χ4v) is 5.28. The van der Waals surface area contributed by atoms with Gasteiger partial charge in [0, 0.05) is 25.2 Å². The molecule has 32 heavy (non-hydrogen) atoms. The zero-order chi connectivity index (χ0) is 22.9. The Morgan fingerprint density at radius 1 is 1.06 bits per heavy atom. The molecule has 1 atom stereocenters. The van der Waals surface area contributed by atoms with Crippen LogP contribution in [0.15, 0.2) is 36.4 Å². The summed E-state index contributed by atoms with van der Waals surface area (Å²) in [6.07, 6.45) is 1.93. The Hall–Kier alpha value is -2.86. The van der Waals surface area contributed by atoms with Gasteiger partial charge in [-0.1, -0.05) is 34.7 Å². The first kappa shape index (κ1) is 22.3. The number of hydrogen-bond acceptors (Lipinski definition) is 6. The van der Waals surface area contributed by atoms with Crippen molar-refractivity contribution in [1.82, 2.24) is 31.3 Å². The van der Waals surface area contributed by atoms with Crippen molar-refractivity contribution in [1.29, 1.82) is 0 Å². The van der Waals surface area contributed by atoms with Crippen molar-refractivity contribution in [3.63, 3.8) is 0 Å². The van der Waals surface area contributed by atoms with Crippen LogP contribution in [0.3, 0.4) is 0 Å². The van der Waals surface area contributed by atoms with Crippen LogP contribution in [0, 0.1) is 0 Å². The van der Waals surface area contributed by atoms with E-state index in [1.54, 1.807) is 14.1 Å². The van der Waals surface area contributed by atoms with E-state index < -0.39 is 5.41 Å². The van der Waals surface area contributed by atoms with E-state index in [0.29, 0.717) is 36.2 Å². The molecule has 0 saturated heterocycles. The maximum atomic E-state index is 12.3. The number of fused-ring (bicyclic) bond motifs is 2. The van der Waals surface area contributed by atoms with Gasteiger partial charge in [-0.3, -0.25) is 9.59 Å². The van der Waals surface area contributed by atoms with Crippen molar-refractivity contribution in [2.75, 3.05) is 14.1 Å². The van der Waals surface area contributed by atoms with E-state index >= 15 is 0 Å². The maximum absolute atomic E-state index is 12.3.